The van der Waals surface area contributed by atoms with E-state index in [1.807, 2.05) is 18.2 Å². The fraction of sp³-hybridized carbons (Fsp3) is 0.350. The van der Waals surface area contributed by atoms with Crippen LogP contribution in [0.4, 0.5) is 0 Å². The van der Waals surface area contributed by atoms with Gasteiger partial charge in [0.2, 0.25) is 0 Å². The topological polar surface area (TPSA) is 42.9 Å². The Bertz CT molecular complexity index is 761. The van der Waals surface area contributed by atoms with Gasteiger partial charge in [-0.2, -0.15) is 0 Å². The van der Waals surface area contributed by atoms with Crippen LogP contribution in [0.1, 0.15) is 22.7 Å². The number of nitrogens with zero attached hydrogens (tertiary/aromatic N) is 1. The van der Waals surface area contributed by atoms with Crippen molar-refractivity contribution in [3.8, 4) is 11.5 Å². The second-order valence-corrected chi connectivity index (χ2v) is 7.12. The van der Waals surface area contributed by atoms with Crippen LogP contribution in [0.5, 0.6) is 11.5 Å². The predicted molar refractivity (Wildman–Crippen MR) is 105 cm³/mol. The largest absolute Gasteiger partial charge is 0.497 e. The lowest BCUT2D eigenvalue weighted by Crippen LogP contribution is -2.27. The predicted octanol–water partition coefficient (Wildman–Crippen LogP) is 3.99. The van der Waals surface area contributed by atoms with Gasteiger partial charge in [0.25, 0.3) is 0 Å². The average molecular weight is 356 g/mol. The number of aryl methyl sites for hydroxylation is 1. The number of nitrogens with one attached hydrogen (secondary N) is 1. The number of ether oxygens (including phenoxy) is 2. The Labute approximate surface area is 153 Å². The van der Waals surface area contributed by atoms with E-state index in [2.05, 4.69) is 41.5 Å². The molecule has 1 N–H and O–H groups in total. The first kappa shape index (κ1) is 17.7. The highest BCUT2D eigenvalue weighted by Gasteiger charge is 2.21. The van der Waals surface area contributed by atoms with Crippen LogP contribution in [0.2, 0.25) is 0 Å². The summed E-state index contributed by atoms with van der Waals surface area (Å²) < 4.78 is 11.0. The maximum atomic E-state index is 5.61. The van der Waals surface area contributed by atoms with E-state index in [9.17, 15) is 0 Å². The van der Waals surface area contributed by atoms with Crippen molar-refractivity contribution in [2.75, 3.05) is 26.5 Å². The normalized spacial score (nSPS) is 14.8. The summed E-state index contributed by atoms with van der Waals surface area (Å²) in [5.74, 6) is 2.72. The Hall–Kier alpha value is -2.14. The minimum absolute atomic E-state index is 0.0659. The fourth-order valence-electron chi connectivity index (χ4n) is 3.00. The molecular weight excluding hydrogens is 332 g/mol. The molecule has 0 saturated carbocycles. The van der Waals surface area contributed by atoms with Gasteiger partial charge in [-0.1, -0.05) is 41.6 Å². The van der Waals surface area contributed by atoms with Gasteiger partial charge in [0.15, 0.2) is 5.17 Å². The minimum Gasteiger partial charge on any atom is -0.497 e. The van der Waals surface area contributed by atoms with Crippen molar-refractivity contribution in [1.82, 2.24) is 5.32 Å². The molecule has 2 aromatic carbocycles. The van der Waals surface area contributed by atoms with Crippen LogP contribution in [-0.4, -0.2) is 31.7 Å². The molecule has 0 amide bonds. The van der Waals surface area contributed by atoms with E-state index in [1.54, 1.807) is 26.0 Å². The SMILES string of the molecule is COc1ccc(OC)c(C(Cc2cccc(C)c2)NC2=NCCS2)c1. The molecule has 0 saturated heterocycles. The lowest BCUT2D eigenvalue weighted by molar-refractivity contribution is 0.393. The first-order chi connectivity index (χ1) is 12.2. The number of methoxy groups -OCH3 is 2. The molecule has 132 valence electrons. The second-order valence-electron chi connectivity index (χ2n) is 6.03. The van der Waals surface area contributed by atoms with Crippen LogP contribution in [0.3, 0.4) is 0 Å². The van der Waals surface area contributed by atoms with Gasteiger partial charge < -0.3 is 14.8 Å². The van der Waals surface area contributed by atoms with Gasteiger partial charge in [-0.3, -0.25) is 4.99 Å². The molecule has 25 heavy (non-hydrogen) atoms. The molecule has 1 unspecified atom stereocenters. The molecule has 0 radical (unpaired) electrons. The van der Waals surface area contributed by atoms with Crippen molar-refractivity contribution >= 4 is 16.9 Å². The summed E-state index contributed by atoms with van der Waals surface area (Å²) in [6.45, 7) is 2.99. The zero-order chi connectivity index (χ0) is 17.6. The first-order valence-corrected chi connectivity index (χ1v) is 9.39. The van der Waals surface area contributed by atoms with Crippen molar-refractivity contribution in [3.05, 3.63) is 59.2 Å². The van der Waals surface area contributed by atoms with Crippen molar-refractivity contribution in [2.24, 2.45) is 4.99 Å². The standard InChI is InChI=1S/C20H24N2O2S/c1-14-5-4-6-15(11-14)12-18(22-20-21-9-10-25-20)17-13-16(23-2)7-8-19(17)24-3/h4-8,11,13,18H,9-10,12H2,1-3H3,(H,21,22). The van der Waals surface area contributed by atoms with E-state index in [0.29, 0.717) is 0 Å². The Morgan fingerprint density at radius 1 is 1.16 bits per heavy atom. The van der Waals surface area contributed by atoms with E-state index < -0.39 is 0 Å². The monoisotopic (exact) mass is 356 g/mol. The summed E-state index contributed by atoms with van der Waals surface area (Å²) in [4.78, 5) is 4.55. The molecule has 1 aliphatic rings. The summed E-state index contributed by atoms with van der Waals surface area (Å²) >= 11 is 1.77. The van der Waals surface area contributed by atoms with E-state index in [0.717, 1.165) is 40.9 Å². The summed E-state index contributed by atoms with van der Waals surface area (Å²) in [5.41, 5.74) is 3.63. The molecule has 1 aliphatic heterocycles. The van der Waals surface area contributed by atoms with E-state index >= 15 is 0 Å². The summed E-state index contributed by atoms with van der Waals surface area (Å²) in [5, 5.41) is 4.61. The van der Waals surface area contributed by atoms with E-state index in [1.165, 1.54) is 11.1 Å². The number of amidine groups is 1. The van der Waals surface area contributed by atoms with Gasteiger partial charge in [0, 0.05) is 11.3 Å². The van der Waals surface area contributed by atoms with Gasteiger partial charge in [-0.15, -0.1) is 0 Å². The van der Waals surface area contributed by atoms with Crippen LogP contribution in [0.25, 0.3) is 0 Å². The Morgan fingerprint density at radius 3 is 2.72 bits per heavy atom. The molecule has 4 nitrogen and oxygen atoms in total. The zero-order valence-electron chi connectivity index (χ0n) is 14.9. The van der Waals surface area contributed by atoms with Crippen molar-refractivity contribution < 1.29 is 9.47 Å². The van der Waals surface area contributed by atoms with Crippen molar-refractivity contribution in [2.45, 2.75) is 19.4 Å². The first-order valence-electron chi connectivity index (χ1n) is 8.41. The third-order valence-electron chi connectivity index (χ3n) is 4.22. The molecule has 5 heteroatoms. The Kier molecular flexibility index (Phi) is 5.87. The molecular formula is C20H24N2O2S. The highest BCUT2D eigenvalue weighted by atomic mass is 32.2. The van der Waals surface area contributed by atoms with Gasteiger partial charge >= 0.3 is 0 Å². The summed E-state index contributed by atoms with van der Waals surface area (Å²) in [7, 11) is 3.39. The lowest BCUT2D eigenvalue weighted by Gasteiger charge is -2.23. The Balaban J connectivity index is 1.95. The fourth-order valence-corrected chi connectivity index (χ4v) is 3.78. The van der Waals surface area contributed by atoms with Gasteiger partial charge in [0.1, 0.15) is 11.5 Å². The molecule has 1 heterocycles. The zero-order valence-corrected chi connectivity index (χ0v) is 15.7. The third-order valence-corrected chi connectivity index (χ3v) is 5.12. The number of thioether (sulfide) groups is 1. The maximum absolute atomic E-state index is 5.61. The number of rotatable bonds is 6. The molecule has 3 rings (SSSR count). The van der Waals surface area contributed by atoms with Gasteiger partial charge in [-0.05, 0) is 37.1 Å². The van der Waals surface area contributed by atoms with Crippen LogP contribution in [0, 0.1) is 6.92 Å². The number of hydrogen-bond acceptors (Lipinski definition) is 5. The quantitative estimate of drug-likeness (QED) is 0.850. The Morgan fingerprint density at radius 2 is 2.04 bits per heavy atom. The number of benzene rings is 2. The molecule has 2 aromatic rings. The number of aliphatic imine (C=N–C) groups is 1. The van der Waals surface area contributed by atoms with Crippen LogP contribution in [0.15, 0.2) is 47.5 Å². The molecule has 0 fully saturated rings. The highest BCUT2D eigenvalue weighted by Crippen LogP contribution is 2.32. The van der Waals surface area contributed by atoms with Crippen molar-refractivity contribution in [3.63, 3.8) is 0 Å². The lowest BCUT2D eigenvalue weighted by atomic mass is 9.97. The van der Waals surface area contributed by atoms with Gasteiger partial charge in [-0.25, -0.2) is 0 Å². The van der Waals surface area contributed by atoms with Gasteiger partial charge in [0.05, 0.1) is 26.8 Å². The molecule has 0 bridgehead atoms. The molecule has 0 aliphatic carbocycles. The van der Waals surface area contributed by atoms with E-state index in [4.69, 9.17) is 9.47 Å². The molecule has 0 aromatic heterocycles. The molecule has 1 atom stereocenters. The summed E-state index contributed by atoms with van der Waals surface area (Å²) in [6.07, 6.45) is 0.852. The van der Waals surface area contributed by atoms with Crippen molar-refractivity contribution in [1.29, 1.82) is 0 Å². The second kappa shape index (κ2) is 8.30. The number of hydrogen-bond donors (Lipinski definition) is 1. The molecule has 0 spiro atoms. The third kappa shape index (κ3) is 4.48. The van der Waals surface area contributed by atoms with Crippen LogP contribution < -0.4 is 14.8 Å². The van der Waals surface area contributed by atoms with Crippen LogP contribution >= 0.6 is 11.8 Å². The maximum Gasteiger partial charge on any atom is 0.157 e. The highest BCUT2D eigenvalue weighted by molar-refractivity contribution is 8.14. The summed E-state index contributed by atoms with van der Waals surface area (Å²) in [6, 6.07) is 14.6. The smallest absolute Gasteiger partial charge is 0.157 e. The minimum atomic E-state index is 0.0659. The van der Waals surface area contributed by atoms with Crippen LogP contribution in [-0.2, 0) is 6.42 Å². The van der Waals surface area contributed by atoms with E-state index in [-0.39, 0.29) is 6.04 Å². The average Bonchev–Trinajstić information content (AvgIpc) is 3.14.